The van der Waals surface area contributed by atoms with Crippen LogP contribution in [0.3, 0.4) is 0 Å². The highest BCUT2D eigenvalue weighted by Gasteiger charge is 2.22. The number of benzene rings is 2. The van der Waals surface area contributed by atoms with E-state index < -0.39 is 12.0 Å². The first-order valence-corrected chi connectivity index (χ1v) is 8.43. The number of nitrogens with zero attached hydrogens (tertiary/aromatic N) is 1. The first kappa shape index (κ1) is 19.7. The molecule has 2 rings (SSSR count). The summed E-state index contributed by atoms with van der Waals surface area (Å²) in [5.74, 6) is -0.189. The first-order chi connectivity index (χ1) is 12.5. The van der Waals surface area contributed by atoms with Gasteiger partial charge in [0.2, 0.25) is 0 Å². The van der Waals surface area contributed by atoms with E-state index in [0.29, 0.717) is 30.0 Å². The molecule has 6 heteroatoms. The second-order valence-corrected chi connectivity index (χ2v) is 6.01. The van der Waals surface area contributed by atoms with E-state index in [-0.39, 0.29) is 12.4 Å². The van der Waals surface area contributed by atoms with Gasteiger partial charge in [0.15, 0.2) is 11.5 Å². The summed E-state index contributed by atoms with van der Waals surface area (Å²) in [6.07, 6.45) is 0.487. The van der Waals surface area contributed by atoms with Crippen LogP contribution in [0, 0.1) is 5.82 Å². The van der Waals surface area contributed by atoms with Crippen LogP contribution in [-0.2, 0) is 17.9 Å². The topological polar surface area (TPSA) is 59.0 Å². The Morgan fingerprint density at radius 3 is 2.50 bits per heavy atom. The van der Waals surface area contributed by atoms with Crippen molar-refractivity contribution in [1.29, 1.82) is 0 Å². The minimum Gasteiger partial charge on any atom is -0.493 e. The molecular weight excluding hydrogens is 337 g/mol. The third-order valence-corrected chi connectivity index (χ3v) is 4.23. The summed E-state index contributed by atoms with van der Waals surface area (Å²) in [5.41, 5.74) is 1.22. The molecule has 0 aliphatic rings. The highest BCUT2D eigenvalue weighted by atomic mass is 19.1. The van der Waals surface area contributed by atoms with Crippen LogP contribution in [0.15, 0.2) is 42.5 Å². The maximum Gasteiger partial charge on any atom is 0.320 e. The van der Waals surface area contributed by atoms with E-state index in [0.717, 1.165) is 5.56 Å². The smallest absolute Gasteiger partial charge is 0.320 e. The molecule has 1 unspecified atom stereocenters. The fourth-order valence-electron chi connectivity index (χ4n) is 2.83. The Kier molecular flexibility index (Phi) is 6.97. The van der Waals surface area contributed by atoms with Crippen molar-refractivity contribution in [2.75, 3.05) is 14.2 Å². The number of hydrogen-bond donors (Lipinski definition) is 1. The Hall–Kier alpha value is -2.60. The second kappa shape index (κ2) is 9.20. The lowest BCUT2D eigenvalue weighted by molar-refractivity contribution is -0.143. The highest BCUT2D eigenvalue weighted by molar-refractivity contribution is 5.73. The van der Waals surface area contributed by atoms with E-state index >= 15 is 0 Å². The number of ether oxygens (including phenoxy) is 2. The summed E-state index contributed by atoms with van der Waals surface area (Å²) in [6, 6.07) is 11.2. The van der Waals surface area contributed by atoms with Crippen molar-refractivity contribution in [3.8, 4) is 11.5 Å². The van der Waals surface area contributed by atoms with Gasteiger partial charge in [0.25, 0.3) is 0 Å². The lowest BCUT2D eigenvalue weighted by Gasteiger charge is -2.25. The number of carboxylic acid groups (broad SMARTS) is 1. The standard InChI is InChI=1S/C20H24FNO4/c1-4-17(20(23)24)22(2)12-14-9-7-11-18(25-3)19(14)26-13-15-8-5-6-10-16(15)21/h5-11,17H,4,12-13H2,1-3H3,(H,23,24). The van der Waals surface area contributed by atoms with Gasteiger partial charge in [0.1, 0.15) is 18.5 Å². The molecular formula is C20H24FNO4. The van der Waals surface area contributed by atoms with Gasteiger partial charge in [0.05, 0.1) is 7.11 Å². The number of carbonyl (C=O) groups is 1. The lowest BCUT2D eigenvalue weighted by Crippen LogP contribution is -2.37. The predicted octanol–water partition coefficient (Wildman–Crippen LogP) is 3.71. The molecule has 2 aromatic carbocycles. The zero-order valence-corrected chi connectivity index (χ0v) is 15.2. The largest absolute Gasteiger partial charge is 0.493 e. The van der Waals surface area contributed by atoms with Gasteiger partial charge in [0, 0.05) is 17.7 Å². The molecule has 0 spiro atoms. The Morgan fingerprint density at radius 2 is 1.88 bits per heavy atom. The fraction of sp³-hybridized carbons (Fsp3) is 0.350. The van der Waals surface area contributed by atoms with Gasteiger partial charge in [-0.05, 0) is 25.6 Å². The molecule has 0 saturated carbocycles. The minimum atomic E-state index is -0.869. The SMILES string of the molecule is CCC(C(=O)O)N(C)Cc1cccc(OC)c1OCc1ccccc1F. The molecule has 0 aliphatic heterocycles. The number of likely N-dealkylation sites (N-methyl/N-ethyl adjacent to an activating group) is 1. The third-order valence-electron chi connectivity index (χ3n) is 4.23. The van der Waals surface area contributed by atoms with Crippen molar-refractivity contribution < 1.29 is 23.8 Å². The summed E-state index contributed by atoms with van der Waals surface area (Å²) in [6.45, 7) is 2.25. The van der Waals surface area contributed by atoms with Crippen molar-refractivity contribution in [2.24, 2.45) is 0 Å². The molecule has 0 aromatic heterocycles. The fourth-order valence-corrected chi connectivity index (χ4v) is 2.83. The molecule has 0 heterocycles. The zero-order valence-electron chi connectivity index (χ0n) is 15.2. The number of carboxylic acids is 1. The minimum absolute atomic E-state index is 0.0555. The van der Waals surface area contributed by atoms with Crippen molar-refractivity contribution in [3.05, 3.63) is 59.4 Å². The molecule has 140 valence electrons. The van der Waals surface area contributed by atoms with E-state index in [2.05, 4.69) is 0 Å². The molecule has 0 saturated heterocycles. The molecule has 0 radical (unpaired) electrons. The molecule has 1 atom stereocenters. The van der Waals surface area contributed by atoms with Gasteiger partial charge in [-0.1, -0.05) is 37.3 Å². The van der Waals surface area contributed by atoms with Gasteiger partial charge in [-0.15, -0.1) is 0 Å². The monoisotopic (exact) mass is 361 g/mol. The second-order valence-electron chi connectivity index (χ2n) is 6.01. The van der Waals surface area contributed by atoms with Crippen LogP contribution in [0.5, 0.6) is 11.5 Å². The Balaban J connectivity index is 2.24. The lowest BCUT2D eigenvalue weighted by atomic mass is 10.1. The molecule has 2 aromatic rings. The van der Waals surface area contributed by atoms with Gasteiger partial charge in [-0.25, -0.2) is 4.39 Å². The van der Waals surface area contributed by atoms with Crippen molar-refractivity contribution in [1.82, 2.24) is 4.90 Å². The van der Waals surface area contributed by atoms with E-state index in [1.54, 1.807) is 36.2 Å². The average molecular weight is 361 g/mol. The Bertz CT molecular complexity index is 750. The molecule has 1 N–H and O–H groups in total. The number of rotatable bonds is 9. The van der Waals surface area contributed by atoms with Gasteiger partial charge in [-0.3, -0.25) is 9.69 Å². The Labute approximate surface area is 153 Å². The van der Waals surface area contributed by atoms with E-state index in [4.69, 9.17) is 9.47 Å². The van der Waals surface area contributed by atoms with Crippen molar-refractivity contribution in [2.45, 2.75) is 32.5 Å². The molecule has 0 aliphatic carbocycles. The molecule has 0 bridgehead atoms. The molecule has 5 nitrogen and oxygen atoms in total. The number of halogens is 1. The van der Waals surface area contributed by atoms with Crippen LogP contribution in [0.25, 0.3) is 0 Å². The van der Waals surface area contributed by atoms with Gasteiger partial charge < -0.3 is 14.6 Å². The van der Waals surface area contributed by atoms with Crippen LogP contribution in [0.2, 0.25) is 0 Å². The zero-order chi connectivity index (χ0) is 19.1. The molecule has 0 fully saturated rings. The molecule has 26 heavy (non-hydrogen) atoms. The number of para-hydroxylation sites is 1. The van der Waals surface area contributed by atoms with Crippen LogP contribution in [-0.4, -0.2) is 36.2 Å². The van der Waals surface area contributed by atoms with Crippen molar-refractivity contribution in [3.63, 3.8) is 0 Å². The van der Waals surface area contributed by atoms with Crippen LogP contribution in [0.4, 0.5) is 4.39 Å². The summed E-state index contributed by atoms with van der Waals surface area (Å²) in [7, 11) is 3.29. The summed E-state index contributed by atoms with van der Waals surface area (Å²) < 4.78 is 25.1. The van der Waals surface area contributed by atoms with Gasteiger partial charge in [-0.2, -0.15) is 0 Å². The summed E-state index contributed by atoms with van der Waals surface area (Å²) in [5, 5.41) is 9.34. The van der Waals surface area contributed by atoms with Crippen LogP contribution in [0.1, 0.15) is 24.5 Å². The number of methoxy groups -OCH3 is 1. The van der Waals surface area contributed by atoms with Gasteiger partial charge >= 0.3 is 5.97 Å². The van der Waals surface area contributed by atoms with E-state index in [1.807, 2.05) is 19.1 Å². The van der Waals surface area contributed by atoms with Crippen LogP contribution < -0.4 is 9.47 Å². The first-order valence-electron chi connectivity index (χ1n) is 8.43. The quantitative estimate of drug-likeness (QED) is 0.738. The maximum atomic E-state index is 13.8. The summed E-state index contributed by atoms with van der Waals surface area (Å²) >= 11 is 0. The van der Waals surface area contributed by atoms with E-state index in [1.165, 1.54) is 13.2 Å². The van der Waals surface area contributed by atoms with Crippen molar-refractivity contribution >= 4 is 5.97 Å². The maximum absolute atomic E-state index is 13.8. The summed E-state index contributed by atoms with van der Waals surface area (Å²) in [4.78, 5) is 13.1. The predicted molar refractivity (Wildman–Crippen MR) is 96.9 cm³/mol. The number of hydrogen-bond acceptors (Lipinski definition) is 4. The van der Waals surface area contributed by atoms with E-state index in [9.17, 15) is 14.3 Å². The normalized spacial score (nSPS) is 12.0. The average Bonchev–Trinajstić information content (AvgIpc) is 2.61. The third kappa shape index (κ3) is 4.73. The highest BCUT2D eigenvalue weighted by Crippen LogP contribution is 2.33. The Morgan fingerprint density at radius 1 is 1.19 bits per heavy atom. The van der Waals surface area contributed by atoms with Crippen LogP contribution >= 0.6 is 0 Å². The molecule has 0 amide bonds. The number of aliphatic carboxylic acids is 1.